The predicted molar refractivity (Wildman–Crippen MR) is 142 cm³/mol. The van der Waals surface area contributed by atoms with Gasteiger partial charge in [0, 0.05) is 26.7 Å². The maximum Gasteiger partial charge on any atom is 0.329 e. The van der Waals surface area contributed by atoms with E-state index in [0.29, 0.717) is 13.1 Å². The summed E-state index contributed by atoms with van der Waals surface area (Å²) in [6.07, 6.45) is 2.15. The number of rotatable bonds is 6. The number of hydrogen-bond acceptors (Lipinski definition) is 4. The molecule has 184 valence electrons. The van der Waals surface area contributed by atoms with Crippen LogP contribution >= 0.6 is 0 Å². The molecule has 1 atom stereocenters. The van der Waals surface area contributed by atoms with E-state index in [-0.39, 0.29) is 12.2 Å². The van der Waals surface area contributed by atoms with Crippen molar-refractivity contribution in [3.05, 3.63) is 99.7 Å². The fourth-order valence-corrected chi connectivity index (χ4v) is 5.52. The molecule has 0 aliphatic carbocycles. The summed E-state index contributed by atoms with van der Waals surface area (Å²) in [5, 5.41) is 11.0. The number of benzene rings is 3. The summed E-state index contributed by atoms with van der Waals surface area (Å²) in [7, 11) is 1.97. The van der Waals surface area contributed by atoms with Crippen LogP contribution < -0.4 is 5.69 Å². The molecule has 36 heavy (non-hydrogen) atoms. The van der Waals surface area contributed by atoms with Gasteiger partial charge in [-0.1, -0.05) is 42.0 Å². The van der Waals surface area contributed by atoms with E-state index in [1.807, 2.05) is 48.0 Å². The van der Waals surface area contributed by atoms with Crippen LogP contribution in [0.15, 0.2) is 71.8 Å². The average Bonchev–Trinajstić information content (AvgIpc) is 3.36. The maximum absolute atomic E-state index is 13.6. The van der Waals surface area contributed by atoms with Crippen LogP contribution in [-0.4, -0.2) is 47.9 Å². The van der Waals surface area contributed by atoms with Gasteiger partial charge in [0.1, 0.15) is 0 Å². The van der Waals surface area contributed by atoms with E-state index >= 15 is 0 Å². The quantitative estimate of drug-likeness (QED) is 0.403. The minimum atomic E-state index is -0.640. The van der Waals surface area contributed by atoms with Crippen LogP contribution in [0.3, 0.4) is 0 Å². The third kappa shape index (κ3) is 4.14. The third-order valence-corrected chi connectivity index (χ3v) is 7.37. The Morgan fingerprint density at radius 3 is 2.58 bits per heavy atom. The number of imidazole rings is 2. The summed E-state index contributed by atoms with van der Waals surface area (Å²) in [4.78, 5) is 20.3. The SMILES string of the molecule is Cc1ccc2c(c1)CN(CC(O)Cn1c(=O)n(Cc3ccc4ncn(C)c4c3)c3ccccc31)CC2. The Hall–Kier alpha value is -3.68. The Kier molecular flexibility index (Phi) is 5.74. The summed E-state index contributed by atoms with van der Waals surface area (Å²) in [5.74, 6) is 0. The fourth-order valence-electron chi connectivity index (χ4n) is 5.52. The van der Waals surface area contributed by atoms with E-state index in [9.17, 15) is 9.90 Å². The van der Waals surface area contributed by atoms with Gasteiger partial charge in [0.25, 0.3) is 0 Å². The minimum Gasteiger partial charge on any atom is -0.390 e. The minimum absolute atomic E-state index is 0.0973. The van der Waals surface area contributed by atoms with Crippen LogP contribution in [0.5, 0.6) is 0 Å². The lowest BCUT2D eigenvalue weighted by atomic mass is 9.97. The van der Waals surface area contributed by atoms with Gasteiger partial charge in [-0.3, -0.25) is 14.0 Å². The van der Waals surface area contributed by atoms with E-state index < -0.39 is 6.10 Å². The van der Waals surface area contributed by atoms with Gasteiger partial charge in [0.05, 0.1) is 47.6 Å². The van der Waals surface area contributed by atoms with E-state index in [1.165, 1.54) is 16.7 Å². The zero-order valence-electron chi connectivity index (χ0n) is 20.8. The zero-order chi connectivity index (χ0) is 24.8. The van der Waals surface area contributed by atoms with Crippen molar-refractivity contribution in [2.45, 2.75) is 39.1 Å². The van der Waals surface area contributed by atoms with E-state index in [0.717, 1.165) is 47.1 Å². The molecule has 5 aromatic rings. The molecule has 7 nitrogen and oxygen atoms in total. The number of para-hydroxylation sites is 2. The predicted octanol–water partition coefficient (Wildman–Crippen LogP) is 3.47. The van der Waals surface area contributed by atoms with Crippen molar-refractivity contribution in [1.29, 1.82) is 0 Å². The van der Waals surface area contributed by atoms with Crippen molar-refractivity contribution < 1.29 is 5.11 Å². The first-order valence-electron chi connectivity index (χ1n) is 12.5. The first kappa shape index (κ1) is 22.8. The summed E-state index contributed by atoms with van der Waals surface area (Å²) in [5.41, 5.74) is 8.65. The highest BCUT2D eigenvalue weighted by Gasteiger charge is 2.21. The van der Waals surface area contributed by atoms with Gasteiger partial charge in [-0.05, 0) is 54.3 Å². The van der Waals surface area contributed by atoms with Crippen molar-refractivity contribution in [1.82, 2.24) is 23.6 Å². The smallest absolute Gasteiger partial charge is 0.329 e. The maximum atomic E-state index is 13.6. The lowest BCUT2D eigenvalue weighted by Crippen LogP contribution is -2.39. The van der Waals surface area contributed by atoms with Gasteiger partial charge in [-0.25, -0.2) is 9.78 Å². The Balaban J connectivity index is 1.25. The molecule has 6 rings (SSSR count). The second-order valence-corrected chi connectivity index (χ2v) is 10.1. The monoisotopic (exact) mass is 481 g/mol. The molecule has 0 radical (unpaired) electrons. The van der Waals surface area contributed by atoms with Crippen LogP contribution in [0.1, 0.15) is 22.3 Å². The number of hydrogen-bond donors (Lipinski definition) is 1. The normalized spacial score (nSPS) is 15.0. The Labute approximate surface area is 209 Å². The molecule has 3 heterocycles. The molecule has 1 unspecified atom stereocenters. The number of nitrogens with zero attached hydrogens (tertiary/aromatic N) is 5. The molecule has 2 aromatic heterocycles. The second-order valence-electron chi connectivity index (χ2n) is 10.1. The van der Waals surface area contributed by atoms with Gasteiger partial charge in [-0.15, -0.1) is 0 Å². The van der Waals surface area contributed by atoms with Gasteiger partial charge in [0.2, 0.25) is 0 Å². The van der Waals surface area contributed by atoms with Gasteiger partial charge < -0.3 is 9.67 Å². The standard InChI is InChI=1S/C29H31N5O2/c1-20-7-9-22-11-12-32(16-23(22)13-20)17-24(35)18-34-27-6-4-3-5-26(27)33(29(34)36)15-21-8-10-25-28(14-21)31(2)19-30-25/h3-10,13-14,19,24,35H,11-12,15-18H2,1-2H3. The van der Waals surface area contributed by atoms with Crippen molar-refractivity contribution in [2.75, 3.05) is 13.1 Å². The molecule has 7 heteroatoms. The number of fused-ring (bicyclic) bond motifs is 3. The highest BCUT2D eigenvalue weighted by molar-refractivity contribution is 5.77. The molecular formula is C29H31N5O2. The summed E-state index contributed by atoms with van der Waals surface area (Å²) < 4.78 is 5.52. The number of aryl methyl sites for hydroxylation is 2. The van der Waals surface area contributed by atoms with Crippen molar-refractivity contribution in [2.24, 2.45) is 7.05 Å². The van der Waals surface area contributed by atoms with Gasteiger partial charge >= 0.3 is 5.69 Å². The molecule has 0 saturated carbocycles. The van der Waals surface area contributed by atoms with E-state index in [2.05, 4.69) is 41.1 Å². The first-order chi connectivity index (χ1) is 17.5. The first-order valence-corrected chi connectivity index (χ1v) is 12.5. The molecule has 0 bridgehead atoms. The lowest BCUT2D eigenvalue weighted by Gasteiger charge is -2.30. The van der Waals surface area contributed by atoms with Gasteiger partial charge in [-0.2, -0.15) is 0 Å². The molecule has 1 aliphatic heterocycles. The number of β-amino-alcohol motifs (C(OH)–C–C–N with tert-alkyl or cyclic N) is 1. The van der Waals surface area contributed by atoms with Crippen LogP contribution in [0.2, 0.25) is 0 Å². The Morgan fingerprint density at radius 1 is 0.944 bits per heavy atom. The number of aliphatic hydroxyl groups is 1. The summed E-state index contributed by atoms with van der Waals surface area (Å²) in [6.45, 7) is 5.14. The molecule has 0 saturated heterocycles. The number of aromatic nitrogens is 4. The molecule has 3 aromatic carbocycles. The highest BCUT2D eigenvalue weighted by Crippen LogP contribution is 2.21. The van der Waals surface area contributed by atoms with Crippen LogP contribution in [-0.2, 0) is 33.1 Å². The molecule has 1 N–H and O–H groups in total. The van der Waals surface area contributed by atoms with Gasteiger partial charge in [0.15, 0.2) is 0 Å². The molecule has 0 amide bonds. The molecule has 0 fully saturated rings. The largest absolute Gasteiger partial charge is 0.390 e. The Bertz CT molecular complexity index is 1630. The molecule has 1 aliphatic rings. The zero-order valence-corrected chi connectivity index (χ0v) is 20.8. The van der Waals surface area contributed by atoms with Crippen molar-refractivity contribution in [3.63, 3.8) is 0 Å². The summed E-state index contributed by atoms with van der Waals surface area (Å²) in [6, 6.07) is 20.6. The Morgan fingerprint density at radius 2 is 1.75 bits per heavy atom. The second kappa shape index (κ2) is 9.08. The van der Waals surface area contributed by atoms with Crippen LogP contribution in [0.25, 0.3) is 22.1 Å². The third-order valence-electron chi connectivity index (χ3n) is 7.37. The fraction of sp³-hybridized carbons (Fsp3) is 0.310. The van der Waals surface area contributed by atoms with E-state index in [4.69, 9.17) is 0 Å². The molecule has 0 spiro atoms. The van der Waals surface area contributed by atoms with E-state index in [1.54, 1.807) is 15.5 Å². The van der Waals surface area contributed by atoms with Crippen molar-refractivity contribution in [3.8, 4) is 0 Å². The summed E-state index contributed by atoms with van der Waals surface area (Å²) >= 11 is 0. The highest BCUT2D eigenvalue weighted by atomic mass is 16.3. The average molecular weight is 482 g/mol. The number of aliphatic hydroxyl groups excluding tert-OH is 1. The molecular weight excluding hydrogens is 450 g/mol. The van der Waals surface area contributed by atoms with Crippen LogP contribution in [0, 0.1) is 6.92 Å². The van der Waals surface area contributed by atoms with Crippen LogP contribution in [0.4, 0.5) is 0 Å². The lowest BCUT2D eigenvalue weighted by molar-refractivity contribution is 0.0917. The van der Waals surface area contributed by atoms with Crippen molar-refractivity contribution >= 4 is 22.1 Å². The topological polar surface area (TPSA) is 68.2 Å².